The van der Waals surface area contributed by atoms with Crippen LogP contribution >= 0.6 is 11.9 Å². The highest BCUT2D eigenvalue weighted by Crippen LogP contribution is 2.53. The highest BCUT2D eigenvalue weighted by Gasteiger charge is 2.54. The Balaban J connectivity index is 1.73. The topological polar surface area (TPSA) is 68.0 Å². The van der Waals surface area contributed by atoms with Crippen molar-refractivity contribution in [2.24, 2.45) is 22.9 Å². The Hall–Kier alpha value is -1.35. The lowest BCUT2D eigenvalue weighted by molar-refractivity contribution is -0.160. The third kappa shape index (κ3) is 4.25. The average Bonchev–Trinajstić information content (AvgIpc) is 2.52. The maximum atomic E-state index is 13.8. The van der Waals surface area contributed by atoms with E-state index in [1.54, 1.807) is 0 Å². The van der Waals surface area contributed by atoms with Crippen molar-refractivity contribution in [1.29, 1.82) is 0 Å². The van der Waals surface area contributed by atoms with Crippen molar-refractivity contribution in [3.8, 4) is 0 Å². The Bertz CT molecular complexity index is 650. The Morgan fingerprint density at radius 3 is 2.60 bits per heavy atom. The van der Waals surface area contributed by atoms with E-state index in [0.29, 0.717) is 10.7 Å². The molecule has 1 heterocycles. The van der Waals surface area contributed by atoms with Crippen LogP contribution in [0.25, 0.3) is 0 Å². The van der Waals surface area contributed by atoms with Gasteiger partial charge in [-0.05, 0) is 42.3 Å². The normalized spacial score (nSPS) is 28.2. The predicted octanol–water partition coefficient (Wildman–Crippen LogP) is 4.08. The van der Waals surface area contributed by atoms with Gasteiger partial charge in [-0.3, -0.25) is 9.93 Å². The number of nitrogens with two attached hydrogens (primary N) is 1. The molecule has 2 atom stereocenters. The second-order valence-corrected chi connectivity index (χ2v) is 7.54. The zero-order valence-corrected chi connectivity index (χ0v) is 14.2. The first-order valence-corrected chi connectivity index (χ1v) is 8.96. The summed E-state index contributed by atoms with van der Waals surface area (Å²) in [4.78, 5) is 16.5. The lowest BCUT2D eigenvalue weighted by Gasteiger charge is -2.46. The van der Waals surface area contributed by atoms with Gasteiger partial charge in [0.15, 0.2) is 0 Å². The molecule has 2 fully saturated rings. The van der Waals surface area contributed by atoms with Crippen LogP contribution in [0.2, 0.25) is 0 Å². The molecule has 1 amide bonds. The van der Waals surface area contributed by atoms with Gasteiger partial charge in [-0.2, -0.15) is 0 Å². The van der Waals surface area contributed by atoms with Crippen molar-refractivity contribution < 1.29 is 22.4 Å². The lowest BCUT2D eigenvalue weighted by Crippen LogP contribution is -2.48. The number of rotatable bonds is 4. The van der Waals surface area contributed by atoms with Crippen LogP contribution in [0.5, 0.6) is 0 Å². The highest BCUT2D eigenvalue weighted by molar-refractivity contribution is 7.97. The van der Waals surface area contributed by atoms with Gasteiger partial charge in [0.05, 0.1) is 0 Å². The number of pyridine rings is 1. The molecule has 138 valence electrons. The number of nitrogens with zero attached hydrogens (tertiary/aromatic N) is 1. The smallest absolute Gasteiger partial charge is 0.248 e. The van der Waals surface area contributed by atoms with Crippen LogP contribution in [-0.2, 0) is 4.79 Å². The van der Waals surface area contributed by atoms with Gasteiger partial charge in [0.1, 0.15) is 5.03 Å². The van der Waals surface area contributed by atoms with Crippen LogP contribution in [0.4, 0.5) is 23.2 Å². The van der Waals surface area contributed by atoms with E-state index in [0.717, 1.165) is 11.9 Å². The number of nitrogens with one attached hydrogen (secondary N) is 1. The van der Waals surface area contributed by atoms with Gasteiger partial charge in [-0.25, -0.2) is 22.5 Å². The van der Waals surface area contributed by atoms with E-state index in [4.69, 9.17) is 5.14 Å². The average molecular weight is 377 g/mol. The summed E-state index contributed by atoms with van der Waals surface area (Å²) in [5, 5.41) is 8.50. The number of alkyl halides is 4. The van der Waals surface area contributed by atoms with Gasteiger partial charge in [0.25, 0.3) is 0 Å². The van der Waals surface area contributed by atoms with Crippen LogP contribution in [-0.4, -0.2) is 22.7 Å². The Kier molecular flexibility index (Phi) is 4.98. The van der Waals surface area contributed by atoms with Gasteiger partial charge in [0.2, 0.25) is 17.8 Å². The molecule has 0 saturated heterocycles. The van der Waals surface area contributed by atoms with Gasteiger partial charge in [-0.1, -0.05) is 0 Å². The first-order valence-electron chi connectivity index (χ1n) is 8.08. The van der Waals surface area contributed by atoms with E-state index < -0.39 is 36.0 Å². The van der Waals surface area contributed by atoms with Crippen LogP contribution in [0.15, 0.2) is 23.4 Å². The molecule has 2 saturated carbocycles. The van der Waals surface area contributed by atoms with Gasteiger partial charge >= 0.3 is 0 Å². The molecule has 0 aromatic carbocycles. The summed E-state index contributed by atoms with van der Waals surface area (Å²) in [6.45, 7) is 0. The first kappa shape index (κ1) is 18.4. The molecule has 2 aliphatic carbocycles. The minimum atomic E-state index is -2.94. The summed E-state index contributed by atoms with van der Waals surface area (Å²) in [5.41, 5.74) is 0.402. The van der Waals surface area contributed by atoms with Crippen molar-refractivity contribution in [2.75, 3.05) is 5.32 Å². The van der Waals surface area contributed by atoms with Crippen LogP contribution in [0.1, 0.15) is 32.1 Å². The zero-order chi connectivity index (χ0) is 18.2. The van der Waals surface area contributed by atoms with Crippen molar-refractivity contribution in [3.05, 3.63) is 18.3 Å². The minimum Gasteiger partial charge on any atom is -0.326 e. The number of hydrogen-bond acceptors (Lipinski definition) is 4. The Morgan fingerprint density at radius 1 is 1.24 bits per heavy atom. The fourth-order valence-corrected chi connectivity index (χ4v) is 4.12. The monoisotopic (exact) mass is 377 g/mol. The van der Waals surface area contributed by atoms with Crippen LogP contribution < -0.4 is 10.5 Å². The number of aromatic nitrogens is 1. The molecule has 9 heteroatoms. The van der Waals surface area contributed by atoms with E-state index in [9.17, 15) is 22.4 Å². The first-order chi connectivity index (χ1) is 11.7. The summed E-state index contributed by atoms with van der Waals surface area (Å²) >= 11 is 0.898. The molecule has 25 heavy (non-hydrogen) atoms. The number of carbonyl (C=O) groups excluding carboxylic acids is 1. The second kappa shape index (κ2) is 6.75. The molecule has 0 radical (unpaired) electrons. The summed E-state index contributed by atoms with van der Waals surface area (Å²) in [6.07, 6.45) is -0.0648. The summed E-state index contributed by atoms with van der Waals surface area (Å²) in [6, 6.07) is 3.07. The largest absolute Gasteiger partial charge is 0.326 e. The zero-order valence-electron chi connectivity index (χ0n) is 13.4. The fourth-order valence-electron chi connectivity index (χ4n) is 3.80. The molecule has 0 unspecified atom stereocenters. The van der Waals surface area contributed by atoms with Crippen LogP contribution in [0, 0.1) is 17.8 Å². The molecule has 4 nitrogen and oxygen atoms in total. The maximum absolute atomic E-state index is 13.8. The van der Waals surface area contributed by atoms with E-state index in [2.05, 4.69) is 10.3 Å². The lowest BCUT2D eigenvalue weighted by atomic mass is 9.63. The number of halogens is 4. The SMILES string of the molecule is NSc1cc(NC(=O)[C@@H]2CC(F)(F)CC[C@H]2C2CC(F)(F)C2)ccn1. The van der Waals surface area contributed by atoms with Crippen molar-refractivity contribution in [2.45, 2.75) is 49.0 Å². The molecule has 0 aliphatic heterocycles. The van der Waals surface area contributed by atoms with Crippen LogP contribution in [0.3, 0.4) is 0 Å². The maximum Gasteiger partial charge on any atom is 0.248 e. The van der Waals surface area contributed by atoms with Crippen molar-refractivity contribution in [1.82, 2.24) is 4.98 Å². The summed E-state index contributed by atoms with van der Waals surface area (Å²) in [7, 11) is 0. The van der Waals surface area contributed by atoms with Gasteiger partial charge in [0, 0.05) is 43.5 Å². The highest BCUT2D eigenvalue weighted by atomic mass is 32.2. The third-order valence-corrected chi connectivity index (χ3v) is 5.53. The van der Waals surface area contributed by atoms with Crippen molar-refractivity contribution in [3.63, 3.8) is 0 Å². The third-order valence-electron chi connectivity index (χ3n) is 5.07. The molecule has 0 spiro atoms. The fraction of sp³-hybridized carbons (Fsp3) is 0.625. The van der Waals surface area contributed by atoms with Gasteiger partial charge in [-0.15, -0.1) is 0 Å². The standard InChI is InChI=1S/C16H19F4N3OS/c17-15(18)3-1-11(9-6-16(19,20)7-9)12(8-15)14(24)23-10-2-4-22-13(5-10)25-21/h2,4-5,9,11-12H,1,3,6-8,21H2,(H,22,23,24)/t11-,12+/m0/s1. The molecule has 0 bridgehead atoms. The predicted molar refractivity (Wildman–Crippen MR) is 86.4 cm³/mol. The quantitative estimate of drug-likeness (QED) is 0.613. The minimum absolute atomic E-state index is 0.0894. The molecule has 3 rings (SSSR count). The molecular formula is C16H19F4N3OS. The van der Waals surface area contributed by atoms with Crippen molar-refractivity contribution >= 4 is 23.5 Å². The number of anilines is 1. The number of carbonyl (C=O) groups is 1. The Morgan fingerprint density at radius 2 is 1.96 bits per heavy atom. The molecule has 3 N–H and O–H groups in total. The van der Waals surface area contributed by atoms with E-state index in [-0.39, 0.29) is 31.6 Å². The number of hydrogen-bond donors (Lipinski definition) is 2. The molecular weight excluding hydrogens is 358 g/mol. The summed E-state index contributed by atoms with van der Waals surface area (Å²) in [5.74, 6) is -8.03. The Labute approximate surface area is 147 Å². The molecule has 1 aromatic heterocycles. The van der Waals surface area contributed by atoms with Gasteiger partial charge < -0.3 is 5.32 Å². The van der Waals surface area contributed by atoms with E-state index in [1.165, 1.54) is 18.3 Å². The van der Waals surface area contributed by atoms with E-state index in [1.807, 2.05) is 0 Å². The molecule has 2 aliphatic rings. The number of amides is 1. The summed E-state index contributed by atoms with van der Waals surface area (Å²) < 4.78 is 54.0. The molecule has 1 aromatic rings. The second-order valence-electron chi connectivity index (χ2n) is 6.88. The van der Waals surface area contributed by atoms with E-state index >= 15 is 0 Å².